The summed E-state index contributed by atoms with van der Waals surface area (Å²) in [6, 6.07) is 0. The molecule has 9 N–H and O–H groups in total. The molecule has 1 saturated heterocycles. The lowest BCUT2D eigenvalue weighted by Gasteiger charge is -2.32. The molecule has 0 radical (unpaired) electrons. The standard InChI is InChI=1S/C10H27N7/c1-13-7-10(12)8-15-3-2-14-6-9(11)16-4-5-17-10/h9,13-17H,2-8,11-12H2,1H3/t9-,10+/m1/s1. The Morgan fingerprint density at radius 1 is 1.24 bits per heavy atom. The van der Waals surface area contributed by atoms with Gasteiger partial charge in [0.15, 0.2) is 0 Å². The van der Waals surface area contributed by atoms with Gasteiger partial charge in [0, 0.05) is 45.8 Å². The largest absolute Gasteiger partial charge is 0.317 e. The van der Waals surface area contributed by atoms with Gasteiger partial charge in [-0.3, -0.25) is 10.6 Å². The van der Waals surface area contributed by atoms with E-state index in [1.54, 1.807) is 0 Å². The van der Waals surface area contributed by atoms with E-state index in [2.05, 4.69) is 26.6 Å². The van der Waals surface area contributed by atoms with Crippen LogP contribution < -0.4 is 38.1 Å². The Bertz CT molecular complexity index is 201. The van der Waals surface area contributed by atoms with Crippen LogP contribution in [0, 0.1) is 0 Å². The lowest BCUT2D eigenvalue weighted by molar-refractivity contribution is 0.301. The van der Waals surface area contributed by atoms with E-state index < -0.39 is 5.66 Å². The van der Waals surface area contributed by atoms with E-state index in [-0.39, 0.29) is 6.17 Å². The average molecular weight is 245 g/mol. The molecule has 2 atom stereocenters. The fourth-order valence-electron chi connectivity index (χ4n) is 1.89. The molecule has 1 aliphatic rings. The van der Waals surface area contributed by atoms with Gasteiger partial charge in [-0.05, 0) is 7.05 Å². The monoisotopic (exact) mass is 245 g/mol. The minimum absolute atomic E-state index is 0.00676. The van der Waals surface area contributed by atoms with Crippen molar-refractivity contribution < 1.29 is 0 Å². The summed E-state index contributed by atoms with van der Waals surface area (Å²) in [7, 11) is 1.90. The fourth-order valence-corrected chi connectivity index (χ4v) is 1.89. The molecule has 0 spiro atoms. The Hall–Kier alpha value is -0.280. The molecular formula is C10H27N7. The molecule has 0 aromatic carbocycles. The molecule has 0 unspecified atom stereocenters. The molecule has 0 amide bonds. The van der Waals surface area contributed by atoms with Crippen LogP contribution in [0.1, 0.15) is 0 Å². The molecule has 1 rings (SSSR count). The van der Waals surface area contributed by atoms with Crippen molar-refractivity contribution in [1.82, 2.24) is 26.6 Å². The molecular weight excluding hydrogens is 218 g/mol. The summed E-state index contributed by atoms with van der Waals surface area (Å²) in [5.74, 6) is 0. The second-order valence-corrected chi connectivity index (χ2v) is 4.55. The Kier molecular flexibility index (Phi) is 6.90. The zero-order valence-electron chi connectivity index (χ0n) is 10.7. The predicted molar refractivity (Wildman–Crippen MR) is 70.6 cm³/mol. The first-order valence-electron chi connectivity index (χ1n) is 6.25. The van der Waals surface area contributed by atoms with Crippen molar-refractivity contribution in [2.75, 3.05) is 52.9 Å². The number of nitrogens with one attached hydrogen (secondary N) is 5. The van der Waals surface area contributed by atoms with Crippen molar-refractivity contribution in [2.45, 2.75) is 11.8 Å². The molecule has 102 valence electrons. The Morgan fingerprint density at radius 3 is 2.76 bits per heavy atom. The quantitative estimate of drug-likeness (QED) is 0.270. The molecule has 1 aliphatic heterocycles. The topological polar surface area (TPSA) is 112 Å². The summed E-state index contributed by atoms with van der Waals surface area (Å²) in [5.41, 5.74) is 11.7. The van der Waals surface area contributed by atoms with E-state index in [1.165, 1.54) is 0 Å². The first kappa shape index (κ1) is 14.8. The van der Waals surface area contributed by atoms with Crippen LogP contribution in [0.15, 0.2) is 0 Å². The molecule has 7 heteroatoms. The third-order valence-electron chi connectivity index (χ3n) is 2.78. The van der Waals surface area contributed by atoms with Crippen LogP contribution in [0.4, 0.5) is 0 Å². The molecule has 0 bridgehead atoms. The highest BCUT2D eigenvalue weighted by molar-refractivity contribution is 4.86. The zero-order chi connectivity index (χ0) is 12.6. The van der Waals surface area contributed by atoms with Crippen molar-refractivity contribution in [1.29, 1.82) is 0 Å². The maximum Gasteiger partial charge on any atom is 0.0918 e. The lowest BCUT2D eigenvalue weighted by atomic mass is 10.1. The number of likely N-dealkylation sites (N-methyl/N-ethyl adjacent to an activating group) is 1. The van der Waals surface area contributed by atoms with E-state index in [0.717, 1.165) is 45.8 Å². The first-order chi connectivity index (χ1) is 8.16. The van der Waals surface area contributed by atoms with Crippen molar-refractivity contribution >= 4 is 0 Å². The minimum atomic E-state index is -0.417. The second kappa shape index (κ2) is 7.93. The molecule has 17 heavy (non-hydrogen) atoms. The Balaban J connectivity index is 2.41. The summed E-state index contributed by atoms with van der Waals surface area (Å²) in [4.78, 5) is 0. The van der Waals surface area contributed by atoms with Crippen molar-refractivity contribution in [3.05, 3.63) is 0 Å². The number of hydrogen-bond donors (Lipinski definition) is 7. The molecule has 1 fully saturated rings. The van der Waals surface area contributed by atoms with Gasteiger partial charge in [-0.2, -0.15) is 0 Å². The zero-order valence-corrected chi connectivity index (χ0v) is 10.7. The average Bonchev–Trinajstić information content (AvgIpc) is 2.28. The van der Waals surface area contributed by atoms with Crippen LogP contribution in [-0.4, -0.2) is 64.7 Å². The highest BCUT2D eigenvalue weighted by Gasteiger charge is 2.22. The van der Waals surface area contributed by atoms with Gasteiger partial charge in [0.2, 0.25) is 0 Å². The molecule has 0 aromatic heterocycles. The van der Waals surface area contributed by atoms with E-state index in [4.69, 9.17) is 11.5 Å². The van der Waals surface area contributed by atoms with Gasteiger partial charge in [0.05, 0.1) is 11.8 Å². The molecule has 0 aliphatic carbocycles. The van der Waals surface area contributed by atoms with Crippen LogP contribution in [0.25, 0.3) is 0 Å². The van der Waals surface area contributed by atoms with Crippen molar-refractivity contribution in [2.24, 2.45) is 11.5 Å². The van der Waals surface area contributed by atoms with Crippen LogP contribution in [0.2, 0.25) is 0 Å². The van der Waals surface area contributed by atoms with Gasteiger partial charge in [0.1, 0.15) is 0 Å². The lowest BCUT2D eigenvalue weighted by Crippen LogP contribution is -2.66. The maximum atomic E-state index is 6.27. The van der Waals surface area contributed by atoms with Gasteiger partial charge in [-0.25, -0.2) is 0 Å². The first-order valence-corrected chi connectivity index (χ1v) is 6.25. The summed E-state index contributed by atoms with van der Waals surface area (Å²) >= 11 is 0. The molecule has 7 nitrogen and oxygen atoms in total. The third kappa shape index (κ3) is 6.27. The van der Waals surface area contributed by atoms with Crippen LogP contribution in [0.5, 0.6) is 0 Å². The third-order valence-corrected chi connectivity index (χ3v) is 2.78. The van der Waals surface area contributed by atoms with Gasteiger partial charge in [0.25, 0.3) is 0 Å². The summed E-state index contributed by atoms with van der Waals surface area (Å²) in [6.45, 7) is 5.63. The minimum Gasteiger partial charge on any atom is -0.317 e. The maximum absolute atomic E-state index is 6.27. The van der Waals surface area contributed by atoms with Crippen LogP contribution in [0.3, 0.4) is 0 Å². The number of hydrogen-bond acceptors (Lipinski definition) is 7. The van der Waals surface area contributed by atoms with Crippen LogP contribution in [-0.2, 0) is 0 Å². The SMILES string of the molecule is CNC[C@@]1(N)CNCCNC[C@H](N)NCCN1. The highest BCUT2D eigenvalue weighted by Crippen LogP contribution is 1.91. The summed E-state index contributed by atoms with van der Waals surface area (Å²) in [5, 5.41) is 16.3. The van der Waals surface area contributed by atoms with E-state index in [0.29, 0.717) is 0 Å². The second-order valence-electron chi connectivity index (χ2n) is 4.55. The smallest absolute Gasteiger partial charge is 0.0918 e. The van der Waals surface area contributed by atoms with Gasteiger partial charge < -0.3 is 27.4 Å². The molecule has 1 heterocycles. The van der Waals surface area contributed by atoms with E-state index in [1.807, 2.05) is 7.05 Å². The Labute approximate surface area is 103 Å². The molecule has 0 aromatic rings. The van der Waals surface area contributed by atoms with Gasteiger partial charge in [-0.15, -0.1) is 0 Å². The highest BCUT2D eigenvalue weighted by atomic mass is 15.2. The normalized spacial score (nSPS) is 33.7. The van der Waals surface area contributed by atoms with Crippen molar-refractivity contribution in [3.63, 3.8) is 0 Å². The summed E-state index contributed by atoms with van der Waals surface area (Å²) < 4.78 is 0. The van der Waals surface area contributed by atoms with Gasteiger partial charge in [-0.1, -0.05) is 0 Å². The van der Waals surface area contributed by atoms with E-state index >= 15 is 0 Å². The van der Waals surface area contributed by atoms with Crippen LogP contribution >= 0.6 is 0 Å². The predicted octanol–water partition coefficient (Wildman–Crippen LogP) is -3.48. The molecule has 0 saturated carbocycles. The van der Waals surface area contributed by atoms with E-state index in [9.17, 15) is 0 Å². The summed E-state index contributed by atoms with van der Waals surface area (Å²) in [6.07, 6.45) is -0.00676. The number of nitrogens with two attached hydrogens (primary N) is 2. The fraction of sp³-hybridized carbons (Fsp3) is 1.00. The Morgan fingerprint density at radius 2 is 2.00 bits per heavy atom. The van der Waals surface area contributed by atoms with Gasteiger partial charge >= 0.3 is 0 Å². The van der Waals surface area contributed by atoms with Crippen molar-refractivity contribution in [3.8, 4) is 0 Å². The number of rotatable bonds is 2.